The van der Waals surface area contributed by atoms with Gasteiger partial charge in [-0.05, 0) is 19.1 Å². The lowest BCUT2D eigenvalue weighted by molar-refractivity contribution is 0.0695. The summed E-state index contributed by atoms with van der Waals surface area (Å²) in [5, 5.41) is 9.79. The van der Waals surface area contributed by atoms with Gasteiger partial charge in [0, 0.05) is 29.3 Å². The summed E-state index contributed by atoms with van der Waals surface area (Å²) in [5.41, 5.74) is 4.32. The van der Waals surface area contributed by atoms with Gasteiger partial charge >= 0.3 is 5.97 Å². The highest BCUT2D eigenvalue weighted by Crippen LogP contribution is 2.32. The maximum Gasteiger partial charge on any atom is 0.341 e. The molecule has 1 N–H and O–H groups in total. The number of carboxylic acid groups (broad SMARTS) is 1. The molecule has 3 aromatic carbocycles. The van der Waals surface area contributed by atoms with Gasteiger partial charge in [-0.2, -0.15) is 0 Å². The quantitative estimate of drug-likeness (QED) is 0.413. The molecule has 0 saturated heterocycles. The van der Waals surface area contributed by atoms with E-state index in [2.05, 4.69) is 0 Å². The van der Waals surface area contributed by atoms with E-state index >= 15 is 0 Å². The zero-order chi connectivity index (χ0) is 22.2. The van der Waals surface area contributed by atoms with Crippen molar-refractivity contribution in [3.8, 4) is 22.5 Å². The molecular formula is C26H19N3O3. The number of aromatic carboxylic acids is 1. The van der Waals surface area contributed by atoms with Crippen LogP contribution in [0.1, 0.15) is 17.3 Å². The molecule has 156 valence electrons. The summed E-state index contributed by atoms with van der Waals surface area (Å²) in [6.45, 7) is 2.39. The molecule has 2 heterocycles. The van der Waals surface area contributed by atoms with E-state index < -0.39 is 11.4 Å². The van der Waals surface area contributed by atoms with Gasteiger partial charge in [0.15, 0.2) is 0 Å². The summed E-state index contributed by atoms with van der Waals surface area (Å²) < 4.78 is 1.76. The van der Waals surface area contributed by atoms with Crippen LogP contribution in [0.2, 0.25) is 0 Å². The molecule has 0 aliphatic rings. The number of nitrogens with zero attached hydrogens (tertiary/aromatic N) is 3. The molecule has 0 aliphatic heterocycles. The molecule has 0 unspecified atom stereocenters. The third kappa shape index (κ3) is 3.13. The maximum atomic E-state index is 12.9. The molecule has 0 spiro atoms. The van der Waals surface area contributed by atoms with E-state index in [1.807, 2.05) is 67.6 Å². The van der Waals surface area contributed by atoms with Crippen LogP contribution < -0.4 is 5.43 Å². The predicted molar refractivity (Wildman–Crippen MR) is 125 cm³/mol. The van der Waals surface area contributed by atoms with Gasteiger partial charge < -0.3 is 9.67 Å². The minimum Gasteiger partial charge on any atom is -0.477 e. The van der Waals surface area contributed by atoms with Gasteiger partial charge in [0.1, 0.15) is 11.1 Å². The number of pyridine rings is 1. The Labute approximate surface area is 183 Å². The van der Waals surface area contributed by atoms with Gasteiger partial charge in [-0.25, -0.2) is 14.8 Å². The van der Waals surface area contributed by atoms with Crippen LogP contribution in [-0.2, 0) is 6.54 Å². The summed E-state index contributed by atoms with van der Waals surface area (Å²) in [5.74, 6) is -1.24. The minimum absolute atomic E-state index is 0.254. The van der Waals surface area contributed by atoms with Crippen LogP contribution in [0.15, 0.2) is 83.8 Å². The minimum atomic E-state index is -1.24. The van der Waals surface area contributed by atoms with Crippen molar-refractivity contribution in [2.24, 2.45) is 0 Å². The fraction of sp³-hybridized carbons (Fsp3) is 0.0769. The molecule has 0 atom stereocenters. The molecule has 2 aromatic heterocycles. The van der Waals surface area contributed by atoms with Crippen LogP contribution in [-0.4, -0.2) is 25.6 Å². The average Bonchev–Trinajstić information content (AvgIpc) is 2.84. The summed E-state index contributed by atoms with van der Waals surface area (Å²) >= 11 is 0. The van der Waals surface area contributed by atoms with Crippen LogP contribution in [0.3, 0.4) is 0 Å². The molecule has 0 fully saturated rings. The fourth-order valence-corrected chi connectivity index (χ4v) is 4.00. The molecule has 0 radical (unpaired) electrons. The van der Waals surface area contributed by atoms with Gasteiger partial charge in [-0.15, -0.1) is 0 Å². The molecule has 0 bridgehead atoms. The highest BCUT2D eigenvalue weighted by molar-refractivity contribution is 6.05. The van der Waals surface area contributed by atoms with E-state index in [0.29, 0.717) is 34.2 Å². The van der Waals surface area contributed by atoms with Crippen molar-refractivity contribution in [2.45, 2.75) is 13.5 Å². The van der Waals surface area contributed by atoms with E-state index in [9.17, 15) is 14.7 Å². The van der Waals surface area contributed by atoms with E-state index in [4.69, 9.17) is 9.97 Å². The molecule has 0 aliphatic carbocycles. The lowest BCUT2D eigenvalue weighted by Gasteiger charge is -2.15. The Kier molecular flexibility index (Phi) is 4.75. The van der Waals surface area contributed by atoms with Crippen molar-refractivity contribution < 1.29 is 9.90 Å². The number of carboxylic acids is 1. The Morgan fingerprint density at radius 1 is 0.875 bits per heavy atom. The number of hydrogen-bond donors (Lipinski definition) is 1. The van der Waals surface area contributed by atoms with Crippen molar-refractivity contribution in [1.29, 1.82) is 0 Å². The molecule has 6 nitrogen and oxygen atoms in total. The second-order valence-corrected chi connectivity index (χ2v) is 7.45. The zero-order valence-corrected chi connectivity index (χ0v) is 17.3. The molecular weight excluding hydrogens is 402 g/mol. The molecule has 5 rings (SSSR count). The van der Waals surface area contributed by atoms with Gasteiger partial charge in [-0.1, -0.05) is 60.7 Å². The Morgan fingerprint density at radius 3 is 2.03 bits per heavy atom. The van der Waals surface area contributed by atoms with Crippen molar-refractivity contribution in [3.05, 3.63) is 94.8 Å². The van der Waals surface area contributed by atoms with E-state index in [1.165, 1.54) is 6.20 Å². The highest BCUT2D eigenvalue weighted by Gasteiger charge is 2.19. The van der Waals surface area contributed by atoms with Crippen molar-refractivity contribution >= 4 is 27.9 Å². The predicted octanol–water partition coefficient (Wildman–Crippen LogP) is 5.00. The van der Waals surface area contributed by atoms with Crippen LogP contribution in [0, 0.1) is 0 Å². The second-order valence-electron chi connectivity index (χ2n) is 7.45. The van der Waals surface area contributed by atoms with Gasteiger partial charge in [0.2, 0.25) is 5.43 Å². The first-order chi connectivity index (χ1) is 15.6. The van der Waals surface area contributed by atoms with E-state index in [1.54, 1.807) is 16.7 Å². The average molecular weight is 421 g/mol. The Morgan fingerprint density at radius 2 is 1.47 bits per heavy atom. The normalized spacial score (nSPS) is 11.2. The lowest BCUT2D eigenvalue weighted by atomic mass is 10.0. The SMILES string of the molecule is CCn1cc(C(=O)O)c(=O)c2ccc3nc(-c4ccccc4)c(-c4ccccc4)nc3c21. The second kappa shape index (κ2) is 7.74. The maximum absolute atomic E-state index is 12.9. The summed E-state index contributed by atoms with van der Waals surface area (Å²) in [6.07, 6.45) is 1.39. The Bertz CT molecular complexity index is 1540. The molecule has 5 aromatic rings. The first kappa shape index (κ1) is 19.6. The smallest absolute Gasteiger partial charge is 0.341 e. The fourth-order valence-electron chi connectivity index (χ4n) is 4.00. The monoisotopic (exact) mass is 421 g/mol. The first-order valence-electron chi connectivity index (χ1n) is 10.3. The number of rotatable bonds is 4. The standard InChI is InChI=1S/C26H19N3O3/c1-2-29-15-19(26(31)32)25(30)18-13-14-20-23(24(18)29)28-22(17-11-7-4-8-12-17)21(27-20)16-9-5-3-6-10-16/h3-15H,2H2,1H3,(H,31,32). The van der Waals surface area contributed by atoms with Crippen molar-refractivity contribution in [3.63, 3.8) is 0 Å². The van der Waals surface area contributed by atoms with Gasteiger partial charge in [-0.3, -0.25) is 4.79 Å². The molecule has 0 saturated carbocycles. The van der Waals surface area contributed by atoms with Crippen molar-refractivity contribution in [2.75, 3.05) is 0 Å². The van der Waals surface area contributed by atoms with E-state index in [-0.39, 0.29) is 5.56 Å². The Balaban J connectivity index is 1.93. The van der Waals surface area contributed by atoms with Crippen LogP contribution in [0.4, 0.5) is 0 Å². The van der Waals surface area contributed by atoms with Gasteiger partial charge in [0.25, 0.3) is 0 Å². The molecule has 6 heteroatoms. The molecule has 0 amide bonds. The number of fused-ring (bicyclic) bond motifs is 3. The summed E-state index contributed by atoms with van der Waals surface area (Å²) in [6, 6.07) is 23.0. The topological polar surface area (TPSA) is 85.1 Å². The van der Waals surface area contributed by atoms with Gasteiger partial charge in [0.05, 0.1) is 22.4 Å². The van der Waals surface area contributed by atoms with Crippen LogP contribution in [0.25, 0.3) is 44.5 Å². The number of carbonyl (C=O) groups is 1. The van der Waals surface area contributed by atoms with Crippen LogP contribution >= 0.6 is 0 Å². The Hall–Kier alpha value is -4.32. The first-order valence-corrected chi connectivity index (χ1v) is 10.3. The number of aryl methyl sites for hydroxylation is 1. The highest BCUT2D eigenvalue weighted by atomic mass is 16.4. The van der Waals surface area contributed by atoms with Crippen LogP contribution in [0.5, 0.6) is 0 Å². The largest absolute Gasteiger partial charge is 0.477 e. The third-order valence-electron chi connectivity index (χ3n) is 5.54. The summed E-state index contributed by atoms with van der Waals surface area (Å²) in [7, 11) is 0. The molecule has 32 heavy (non-hydrogen) atoms. The number of hydrogen-bond acceptors (Lipinski definition) is 4. The zero-order valence-electron chi connectivity index (χ0n) is 17.3. The summed E-state index contributed by atoms with van der Waals surface area (Å²) in [4.78, 5) is 34.4. The number of aromatic nitrogens is 3. The number of benzene rings is 3. The lowest BCUT2D eigenvalue weighted by Crippen LogP contribution is -2.19. The van der Waals surface area contributed by atoms with Crippen molar-refractivity contribution in [1.82, 2.24) is 14.5 Å². The third-order valence-corrected chi connectivity index (χ3v) is 5.54. The van der Waals surface area contributed by atoms with E-state index in [0.717, 1.165) is 16.8 Å².